The molecule has 0 aliphatic rings. The van der Waals surface area contributed by atoms with Gasteiger partial charge in [-0.25, -0.2) is 0 Å². The maximum atomic E-state index is 7.21. The second-order valence-corrected chi connectivity index (χ2v) is 36.9. The van der Waals surface area contributed by atoms with Gasteiger partial charge in [-0.3, -0.25) is 0 Å². The van der Waals surface area contributed by atoms with Gasteiger partial charge in [0.2, 0.25) is 0 Å². The van der Waals surface area contributed by atoms with Crippen LogP contribution in [0.4, 0.5) is 0 Å². The molecule has 0 aromatic heterocycles. The summed E-state index contributed by atoms with van der Waals surface area (Å²) < 4.78 is 14.4. The first-order chi connectivity index (χ1) is 16.2. The third-order valence-electron chi connectivity index (χ3n) is 6.72. The Bertz CT molecular complexity index is 917. The minimum absolute atomic E-state index is 1.02. The molecule has 0 aliphatic carbocycles. The summed E-state index contributed by atoms with van der Waals surface area (Å²) in [7, 11) is -6.45. The average molecular weight is 573 g/mol. The quantitative estimate of drug-likeness (QED) is 0.290. The number of aryl methyl sites for hydroxylation is 2. The lowest BCUT2D eigenvalue weighted by molar-refractivity contribution is 0.426. The van der Waals surface area contributed by atoms with Gasteiger partial charge in [0.1, 0.15) is 0 Å². The molecule has 0 N–H and O–H groups in total. The van der Waals surface area contributed by atoms with Gasteiger partial charge >= 0.3 is 14.8 Å². The lowest BCUT2D eigenvalue weighted by Gasteiger charge is -2.33. The smallest absolute Gasteiger partial charge is 0.612 e. The summed E-state index contributed by atoms with van der Waals surface area (Å²) in [5.74, 6) is 2.39. The Balaban J connectivity index is 2.75. The van der Waals surface area contributed by atoms with Crippen LogP contribution in [0.2, 0.25) is 83.8 Å². The molecule has 7 heteroatoms. The summed E-state index contributed by atoms with van der Waals surface area (Å²) in [6.07, 6.45) is 1.09. The molecule has 0 radical (unpaired) electrons. The van der Waals surface area contributed by atoms with E-state index in [9.17, 15) is 0 Å². The molecule has 36 heavy (non-hydrogen) atoms. The van der Waals surface area contributed by atoms with Gasteiger partial charge in [-0.15, -0.1) is 0 Å². The van der Waals surface area contributed by atoms with E-state index in [-0.39, 0.29) is 0 Å². The van der Waals surface area contributed by atoms with Crippen molar-refractivity contribution in [1.82, 2.24) is 0 Å². The van der Waals surface area contributed by atoms with Gasteiger partial charge in [-0.05, 0) is 39.9 Å². The van der Waals surface area contributed by atoms with Crippen molar-refractivity contribution in [2.24, 2.45) is 0 Å². The van der Waals surface area contributed by atoms with Crippen LogP contribution in [-0.4, -0.2) is 47.1 Å². The van der Waals surface area contributed by atoms with Crippen LogP contribution < -0.4 is 28.3 Å². The first-order valence-corrected chi connectivity index (χ1v) is 29.6. The molecule has 0 spiro atoms. The Morgan fingerprint density at radius 2 is 0.778 bits per heavy atom. The predicted molar refractivity (Wildman–Crippen MR) is 176 cm³/mol. The van der Waals surface area contributed by atoms with Crippen LogP contribution in [0.3, 0.4) is 0 Å². The molecule has 2 nitrogen and oxygen atoms in total. The second kappa shape index (κ2) is 11.3. The number of hydrogen-bond acceptors (Lipinski definition) is 2. The summed E-state index contributed by atoms with van der Waals surface area (Å²) in [5.41, 5.74) is 2.74. The molecule has 0 saturated carbocycles. The Morgan fingerprint density at radius 1 is 0.528 bits per heavy atom. The molecule has 0 amide bonds. The van der Waals surface area contributed by atoms with E-state index in [4.69, 9.17) is 7.58 Å². The summed E-state index contributed by atoms with van der Waals surface area (Å²) in [6, 6.07) is 9.65. The van der Waals surface area contributed by atoms with Gasteiger partial charge < -0.3 is 7.58 Å². The molecule has 200 valence electrons. The predicted octanol–water partition coefficient (Wildman–Crippen LogP) is 6.84. The average Bonchev–Trinajstić information content (AvgIpc) is 2.66. The number of rotatable bonds is 10. The molecule has 2 aromatic carbocycles. The van der Waals surface area contributed by atoms with Crippen LogP contribution in [0.5, 0.6) is 11.5 Å². The van der Waals surface area contributed by atoms with E-state index >= 15 is 0 Å². The maximum Gasteiger partial charge on any atom is 0.856 e. The first kappa shape index (κ1) is 31.7. The molecular weight excluding hydrogens is 520 g/mol. The van der Waals surface area contributed by atoms with Crippen LogP contribution in [0.1, 0.15) is 24.5 Å². The van der Waals surface area contributed by atoms with Crippen LogP contribution in [0.15, 0.2) is 24.3 Å². The molecule has 2 aromatic rings. The molecule has 0 aliphatic heterocycles. The van der Waals surface area contributed by atoms with Crippen LogP contribution in [-0.2, 0) is 0 Å². The van der Waals surface area contributed by atoms with Crippen LogP contribution >= 0.6 is 0 Å². The third-order valence-corrected chi connectivity index (χ3v) is 16.7. The van der Waals surface area contributed by atoms with Gasteiger partial charge in [0.25, 0.3) is 0 Å². The fraction of sp³-hybridized carbons (Fsp3) is 0.586. The third kappa shape index (κ3) is 7.97. The minimum atomic E-state index is -2.03. The minimum Gasteiger partial charge on any atom is -0.612 e. The fourth-order valence-corrected chi connectivity index (χ4v) is 13.3. The summed E-state index contributed by atoms with van der Waals surface area (Å²) in [4.78, 5) is 0. The van der Waals surface area contributed by atoms with Crippen molar-refractivity contribution in [3.05, 3.63) is 35.4 Å². The SMILES string of the molecule is CC[CH2][Al]([O]c1c([Si](C)(C)C)cc(C)cc1[Si](C)(C)C)[O]c1c([Si](C)(C)C)cc(C)cc1[Si](C)(C)C. The maximum absolute atomic E-state index is 7.21. The highest BCUT2D eigenvalue weighted by Crippen LogP contribution is 2.24. The Hall–Kier alpha value is -0.560. The topological polar surface area (TPSA) is 18.5 Å². The number of hydrogen-bond donors (Lipinski definition) is 0. The Labute approximate surface area is 232 Å². The monoisotopic (exact) mass is 572 g/mol. The van der Waals surface area contributed by atoms with Crippen molar-refractivity contribution in [3.8, 4) is 11.5 Å². The highest BCUT2D eigenvalue weighted by molar-refractivity contribution is 6.94. The molecule has 0 bridgehead atoms. The molecular formula is C29H53AlO2Si4. The normalized spacial score (nSPS) is 13.1. The fourth-order valence-electron chi connectivity index (χ4n) is 4.67. The largest absolute Gasteiger partial charge is 0.856 e. The van der Waals surface area contributed by atoms with Crippen molar-refractivity contribution in [1.29, 1.82) is 0 Å². The van der Waals surface area contributed by atoms with Gasteiger partial charge in [-0.2, -0.15) is 0 Å². The van der Waals surface area contributed by atoms with Crippen LogP contribution in [0.25, 0.3) is 0 Å². The van der Waals surface area contributed by atoms with Crippen molar-refractivity contribution >= 4 is 67.9 Å². The summed E-state index contributed by atoms with van der Waals surface area (Å²) in [6.45, 7) is 36.2. The highest BCUT2D eigenvalue weighted by atomic mass is 28.3. The highest BCUT2D eigenvalue weighted by Gasteiger charge is 2.39. The van der Waals surface area contributed by atoms with Crippen molar-refractivity contribution in [2.45, 2.75) is 111 Å². The standard InChI is InChI=1S/2C13H24OSi2.C3H7.Al/c2*1-10-8-11(15(2,3)4)13(14)12(9-10)16(5,6)7;1-3-2;/h2*8-9,14H,1-7H3;1,3H2,2H3;/q;;;+2/p-2. The van der Waals surface area contributed by atoms with Gasteiger partial charge in [0.15, 0.2) is 0 Å². The van der Waals surface area contributed by atoms with Gasteiger partial charge in [-0.1, -0.05) is 127 Å². The lowest BCUT2D eigenvalue weighted by Crippen LogP contribution is -2.51. The number of benzene rings is 2. The zero-order chi connectivity index (χ0) is 27.9. The van der Waals surface area contributed by atoms with E-state index in [2.05, 4.69) is 124 Å². The second-order valence-electron chi connectivity index (χ2n) is 14.8. The van der Waals surface area contributed by atoms with E-state index in [1.54, 1.807) is 0 Å². The summed E-state index contributed by atoms with van der Waals surface area (Å²) >= 11 is -2.03. The summed E-state index contributed by atoms with van der Waals surface area (Å²) in [5, 5.41) is 6.90. The molecule has 0 fully saturated rings. The van der Waals surface area contributed by atoms with E-state index in [1.807, 2.05) is 0 Å². The van der Waals surface area contributed by atoms with Gasteiger partial charge in [0, 0.05) is 0 Å². The van der Waals surface area contributed by atoms with Crippen molar-refractivity contribution < 1.29 is 7.58 Å². The van der Waals surface area contributed by atoms with Crippen molar-refractivity contribution in [3.63, 3.8) is 0 Å². The first-order valence-electron chi connectivity index (χ1n) is 13.8. The Kier molecular flexibility index (Phi) is 9.92. The molecule has 0 saturated heterocycles. The molecule has 0 atom stereocenters. The van der Waals surface area contributed by atoms with E-state index in [1.165, 1.54) is 43.4 Å². The van der Waals surface area contributed by atoms with Crippen molar-refractivity contribution in [2.75, 3.05) is 0 Å². The lowest BCUT2D eigenvalue weighted by atomic mass is 10.2. The molecule has 0 unspecified atom stereocenters. The van der Waals surface area contributed by atoms with E-state index in [0.29, 0.717) is 0 Å². The van der Waals surface area contributed by atoms with Crippen LogP contribution in [0, 0.1) is 13.8 Å². The zero-order valence-electron chi connectivity index (χ0n) is 26.1. The Morgan fingerprint density at radius 3 is 0.972 bits per heavy atom. The zero-order valence-corrected chi connectivity index (χ0v) is 31.3. The van der Waals surface area contributed by atoms with E-state index in [0.717, 1.165) is 11.7 Å². The van der Waals surface area contributed by atoms with E-state index < -0.39 is 47.1 Å². The molecule has 0 heterocycles. The molecule has 2 rings (SSSR count). The van der Waals surface area contributed by atoms with Gasteiger partial charge in [0.05, 0.1) is 43.8 Å².